The van der Waals surface area contributed by atoms with Crippen LogP contribution >= 0.6 is 27.5 Å². The van der Waals surface area contributed by atoms with E-state index in [1.165, 1.54) is 0 Å². The lowest BCUT2D eigenvalue weighted by Gasteiger charge is -2.05. The predicted molar refractivity (Wildman–Crippen MR) is 64.4 cm³/mol. The molecule has 0 aliphatic carbocycles. The molecule has 3 nitrogen and oxygen atoms in total. The minimum atomic E-state index is -0.177. The van der Waals surface area contributed by atoms with Gasteiger partial charge in [-0.3, -0.25) is 4.79 Å². The van der Waals surface area contributed by atoms with E-state index in [4.69, 9.17) is 11.6 Å². The molecule has 0 bridgehead atoms. The molecule has 0 spiro atoms. The van der Waals surface area contributed by atoms with Crippen LogP contribution in [0.3, 0.4) is 0 Å². The smallest absolute Gasteiger partial charge is 0.267 e. The van der Waals surface area contributed by atoms with Crippen molar-refractivity contribution in [2.24, 2.45) is 0 Å². The molecule has 0 fully saturated rings. The number of hydrogen-bond donors (Lipinski definition) is 1. The standard InChI is InChI=1S/C10H8BrClN2O/c1-5-2-6(11)3-7-8(4-12)13-14-10(15)9(5)7/h2-3H,4H2,1H3,(H,14,15). The number of alkyl halides is 1. The summed E-state index contributed by atoms with van der Waals surface area (Å²) in [5.41, 5.74) is 1.42. The van der Waals surface area contributed by atoms with Crippen LogP contribution in [0.4, 0.5) is 0 Å². The average Bonchev–Trinajstić information content (AvgIpc) is 2.17. The molecule has 0 unspecified atom stereocenters. The summed E-state index contributed by atoms with van der Waals surface area (Å²) in [4.78, 5) is 11.6. The number of nitrogens with zero attached hydrogens (tertiary/aromatic N) is 1. The van der Waals surface area contributed by atoms with Crippen LogP contribution in [0.15, 0.2) is 21.4 Å². The Kier molecular flexibility index (Phi) is 2.80. The third-order valence-corrected chi connectivity index (χ3v) is 2.97. The number of halogens is 2. The number of aromatic nitrogens is 2. The van der Waals surface area contributed by atoms with Crippen LogP contribution in [0.5, 0.6) is 0 Å². The van der Waals surface area contributed by atoms with Gasteiger partial charge in [-0.2, -0.15) is 5.10 Å². The highest BCUT2D eigenvalue weighted by Gasteiger charge is 2.08. The van der Waals surface area contributed by atoms with Crippen molar-refractivity contribution in [2.75, 3.05) is 0 Å². The average molecular weight is 288 g/mol. The molecule has 0 amide bonds. The van der Waals surface area contributed by atoms with Crippen LogP contribution in [-0.4, -0.2) is 10.2 Å². The maximum absolute atomic E-state index is 11.6. The summed E-state index contributed by atoms with van der Waals surface area (Å²) in [5.74, 6) is 0.281. The minimum Gasteiger partial charge on any atom is -0.267 e. The summed E-state index contributed by atoms with van der Waals surface area (Å²) >= 11 is 9.15. The van der Waals surface area contributed by atoms with Gasteiger partial charge in [0.2, 0.25) is 0 Å². The van der Waals surface area contributed by atoms with E-state index < -0.39 is 0 Å². The SMILES string of the molecule is Cc1cc(Br)cc2c(CCl)n[nH]c(=O)c12. The third kappa shape index (κ3) is 1.79. The molecule has 2 rings (SSSR count). The Bertz CT molecular complexity index is 579. The van der Waals surface area contributed by atoms with E-state index in [2.05, 4.69) is 26.1 Å². The molecule has 0 aliphatic rings. The largest absolute Gasteiger partial charge is 0.272 e. The van der Waals surface area contributed by atoms with Crippen molar-refractivity contribution in [3.8, 4) is 0 Å². The lowest BCUT2D eigenvalue weighted by molar-refractivity contribution is 0.959. The van der Waals surface area contributed by atoms with Crippen LogP contribution < -0.4 is 5.56 Å². The van der Waals surface area contributed by atoms with Crippen LogP contribution in [0.25, 0.3) is 10.8 Å². The molecule has 1 aromatic heterocycles. The highest BCUT2D eigenvalue weighted by molar-refractivity contribution is 9.10. The Morgan fingerprint density at radius 2 is 2.27 bits per heavy atom. The second-order valence-electron chi connectivity index (χ2n) is 3.28. The van der Waals surface area contributed by atoms with Gasteiger partial charge in [-0.15, -0.1) is 11.6 Å². The quantitative estimate of drug-likeness (QED) is 0.820. The van der Waals surface area contributed by atoms with E-state index in [0.29, 0.717) is 11.1 Å². The van der Waals surface area contributed by atoms with Gasteiger partial charge in [-0.1, -0.05) is 15.9 Å². The molecule has 0 aliphatic heterocycles. The summed E-state index contributed by atoms with van der Waals surface area (Å²) in [6, 6.07) is 3.76. The maximum Gasteiger partial charge on any atom is 0.272 e. The Morgan fingerprint density at radius 3 is 2.93 bits per heavy atom. The van der Waals surface area contributed by atoms with Crippen LogP contribution in [0.2, 0.25) is 0 Å². The van der Waals surface area contributed by atoms with Crippen molar-refractivity contribution < 1.29 is 0 Å². The molecule has 5 heteroatoms. The van der Waals surface area contributed by atoms with Gasteiger partial charge in [0.05, 0.1) is 17.0 Å². The summed E-state index contributed by atoms with van der Waals surface area (Å²) in [6.45, 7) is 1.89. The van der Waals surface area contributed by atoms with Gasteiger partial charge >= 0.3 is 0 Å². The van der Waals surface area contributed by atoms with Crippen molar-refractivity contribution in [1.82, 2.24) is 10.2 Å². The number of fused-ring (bicyclic) bond motifs is 1. The van der Waals surface area contributed by atoms with Crippen molar-refractivity contribution >= 4 is 38.3 Å². The van der Waals surface area contributed by atoms with Crippen molar-refractivity contribution in [2.45, 2.75) is 12.8 Å². The molecular weight excluding hydrogens is 279 g/mol. The Labute approximate surface area is 99.6 Å². The van der Waals surface area contributed by atoms with E-state index in [1.807, 2.05) is 19.1 Å². The van der Waals surface area contributed by atoms with Crippen LogP contribution in [0.1, 0.15) is 11.3 Å². The third-order valence-electron chi connectivity index (χ3n) is 2.26. The Balaban J connectivity index is 3.00. The maximum atomic E-state index is 11.6. The predicted octanol–water partition coefficient (Wildman–Crippen LogP) is 2.73. The van der Waals surface area contributed by atoms with Gasteiger partial charge in [0, 0.05) is 9.86 Å². The van der Waals surface area contributed by atoms with E-state index in [0.717, 1.165) is 15.4 Å². The lowest BCUT2D eigenvalue weighted by atomic mass is 10.1. The fraction of sp³-hybridized carbons (Fsp3) is 0.200. The molecule has 1 aromatic carbocycles. The molecule has 0 radical (unpaired) electrons. The number of benzene rings is 1. The first-order valence-electron chi connectivity index (χ1n) is 4.37. The van der Waals surface area contributed by atoms with Gasteiger partial charge in [0.1, 0.15) is 0 Å². The number of rotatable bonds is 1. The molecule has 0 atom stereocenters. The molecule has 15 heavy (non-hydrogen) atoms. The number of nitrogens with one attached hydrogen (secondary N) is 1. The first kappa shape index (κ1) is 10.6. The summed E-state index contributed by atoms with van der Waals surface area (Å²) in [5, 5.41) is 7.83. The van der Waals surface area contributed by atoms with E-state index in [-0.39, 0.29) is 11.4 Å². The second kappa shape index (κ2) is 3.94. The summed E-state index contributed by atoms with van der Waals surface area (Å²) in [6.07, 6.45) is 0. The van der Waals surface area contributed by atoms with Crippen LogP contribution in [0, 0.1) is 6.92 Å². The van der Waals surface area contributed by atoms with Crippen molar-refractivity contribution in [3.05, 3.63) is 38.2 Å². The molecule has 2 aromatic rings. The fourth-order valence-electron chi connectivity index (χ4n) is 1.61. The zero-order chi connectivity index (χ0) is 11.0. The number of H-pyrrole nitrogens is 1. The fourth-order valence-corrected chi connectivity index (χ4v) is 2.38. The van der Waals surface area contributed by atoms with Gasteiger partial charge < -0.3 is 0 Å². The normalized spacial score (nSPS) is 10.9. The second-order valence-corrected chi connectivity index (χ2v) is 4.46. The van der Waals surface area contributed by atoms with Gasteiger partial charge in [0.15, 0.2) is 0 Å². The zero-order valence-electron chi connectivity index (χ0n) is 7.97. The van der Waals surface area contributed by atoms with E-state index >= 15 is 0 Å². The number of aromatic amines is 1. The van der Waals surface area contributed by atoms with Gasteiger partial charge in [-0.05, 0) is 24.6 Å². The van der Waals surface area contributed by atoms with Crippen LogP contribution in [-0.2, 0) is 5.88 Å². The lowest BCUT2D eigenvalue weighted by Crippen LogP contribution is -2.11. The summed E-state index contributed by atoms with van der Waals surface area (Å²) in [7, 11) is 0. The van der Waals surface area contributed by atoms with Gasteiger partial charge in [0.25, 0.3) is 5.56 Å². The van der Waals surface area contributed by atoms with E-state index in [9.17, 15) is 4.79 Å². The van der Waals surface area contributed by atoms with E-state index in [1.54, 1.807) is 0 Å². The number of hydrogen-bond acceptors (Lipinski definition) is 2. The monoisotopic (exact) mass is 286 g/mol. The molecular formula is C10H8BrClN2O. The Hall–Kier alpha value is -0.870. The zero-order valence-corrected chi connectivity index (χ0v) is 10.3. The van der Waals surface area contributed by atoms with Gasteiger partial charge in [-0.25, -0.2) is 5.10 Å². The first-order chi connectivity index (χ1) is 7.13. The highest BCUT2D eigenvalue weighted by atomic mass is 79.9. The Morgan fingerprint density at radius 1 is 1.53 bits per heavy atom. The molecule has 1 heterocycles. The van der Waals surface area contributed by atoms with Crippen molar-refractivity contribution in [3.63, 3.8) is 0 Å². The topological polar surface area (TPSA) is 45.8 Å². The van der Waals surface area contributed by atoms with Crippen molar-refractivity contribution in [1.29, 1.82) is 0 Å². The molecule has 0 saturated heterocycles. The molecule has 1 N–H and O–H groups in total. The minimum absolute atomic E-state index is 0.177. The highest BCUT2D eigenvalue weighted by Crippen LogP contribution is 2.23. The first-order valence-corrected chi connectivity index (χ1v) is 5.69. The molecule has 0 saturated carbocycles. The number of aryl methyl sites for hydroxylation is 1. The summed E-state index contributed by atoms with van der Waals surface area (Å²) < 4.78 is 0.922. The molecule has 78 valence electrons.